The van der Waals surface area contributed by atoms with E-state index in [1.165, 1.54) is 0 Å². The molecule has 0 aliphatic carbocycles. The number of carbonyl (C=O) groups is 1. The van der Waals surface area contributed by atoms with Gasteiger partial charge in [-0.3, -0.25) is 4.79 Å². The summed E-state index contributed by atoms with van der Waals surface area (Å²) >= 11 is 0. The fraction of sp³-hybridized carbons (Fsp3) is 0.923. The van der Waals surface area contributed by atoms with Crippen molar-refractivity contribution in [2.75, 3.05) is 13.2 Å². The van der Waals surface area contributed by atoms with Crippen LogP contribution in [0.3, 0.4) is 0 Å². The number of nitrogens with one attached hydrogen (secondary N) is 1. The molecule has 0 rings (SSSR count). The van der Waals surface area contributed by atoms with Crippen LogP contribution in [0.2, 0.25) is 0 Å². The summed E-state index contributed by atoms with van der Waals surface area (Å²) in [6.07, 6.45) is 2.61. The van der Waals surface area contributed by atoms with Crippen molar-refractivity contribution >= 4 is 5.97 Å². The second kappa shape index (κ2) is 7.66. The number of carbonyl (C=O) groups excluding carboxylic acids is 1. The molecule has 0 aliphatic rings. The maximum atomic E-state index is 12.0. The van der Waals surface area contributed by atoms with Crippen LogP contribution in [0, 0.1) is 5.92 Å². The smallest absolute Gasteiger partial charge is 0.326 e. The summed E-state index contributed by atoms with van der Waals surface area (Å²) in [4.78, 5) is 12.0. The third kappa shape index (κ3) is 4.52. The fourth-order valence-corrected chi connectivity index (χ4v) is 1.80. The first-order valence-electron chi connectivity index (χ1n) is 6.44. The Morgan fingerprint density at radius 3 is 2.31 bits per heavy atom. The first-order chi connectivity index (χ1) is 7.52. The lowest BCUT2D eigenvalue weighted by molar-refractivity contribution is -0.152. The van der Waals surface area contributed by atoms with E-state index >= 15 is 0 Å². The van der Waals surface area contributed by atoms with Gasteiger partial charge in [-0.15, -0.1) is 0 Å². The predicted octanol–water partition coefficient (Wildman–Crippen LogP) is 2.74. The topological polar surface area (TPSA) is 38.3 Å². The zero-order chi connectivity index (χ0) is 12.6. The molecular formula is C13H27NO2. The second-order valence-corrected chi connectivity index (χ2v) is 4.68. The van der Waals surface area contributed by atoms with Crippen molar-refractivity contribution in [2.45, 2.75) is 59.4 Å². The first-order valence-corrected chi connectivity index (χ1v) is 6.44. The van der Waals surface area contributed by atoms with E-state index in [4.69, 9.17) is 4.74 Å². The van der Waals surface area contributed by atoms with Crippen LogP contribution in [0.15, 0.2) is 0 Å². The van der Waals surface area contributed by atoms with Gasteiger partial charge in [-0.05, 0) is 32.2 Å². The van der Waals surface area contributed by atoms with Crippen molar-refractivity contribution in [1.29, 1.82) is 0 Å². The number of ether oxygens (including phenoxy) is 1. The summed E-state index contributed by atoms with van der Waals surface area (Å²) in [5.74, 6) is 0.442. The minimum atomic E-state index is -0.477. The first kappa shape index (κ1) is 15.4. The van der Waals surface area contributed by atoms with Gasteiger partial charge in [0.25, 0.3) is 0 Å². The highest BCUT2D eigenvalue weighted by Gasteiger charge is 2.36. The van der Waals surface area contributed by atoms with Gasteiger partial charge in [-0.1, -0.05) is 34.1 Å². The third-order valence-corrected chi connectivity index (χ3v) is 2.80. The minimum absolute atomic E-state index is 0.0972. The number of esters is 1. The van der Waals surface area contributed by atoms with Crippen molar-refractivity contribution < 1.29 is 9.53 Å². The highest BCUT2D eigenvalue weighted by Crippen LogP contribution is 2.20. The van der Waals surface area contributed by atoms with Crippen LogP contribution in [0.4, 0.5) is 0 Å². The molecule has 3 heteroatoms. The van der Waals surface area contributed by atoms with Gasteiger partial charge in [0.2, 0.25) is 0 Å². The molecular weight excluding hydrogens is 202 g/mol. The van der Waals surface area contributed by atoms with E-state index in [-0.39, 0.29) is 5.97 Å². The van der Waals surface area contributed by atoms with Gasteiger partial charge in [0.1, 0.15) is 5.54 Å². The maximum Gasteiger partial charge on any atom is 0.326 e. The Morgan fingerprint density at radius 1 is 1.31 bits per heavy atom. The van der Waals surface area contributed by atoms with Gasteiger partial charge in [0.15, 0.2) is 0 Å². The molecule has 16 heavy (non-hydrogen) atoms. The molecule has 0 aromatic rings. The highest BCUT2D eigenvalue weighted by atomic mass is 16.5. The van der Waals surface area contributed by atoms with Crippen molar-refractivity contribution in [3.8, 4) is 0 Å². The molecule has 0 saturated carbocycles. The Kier molecular flexibility index (Phi) is 7.39. The van der Waals surface area contributed by atoms with Crippen LogP contribution in [0.5, 0.6) is 0 Å². The molecule has 0 bridgehead atoms. The molecule has 0 fully saturated rings. The van der Waals surface area contributed by atoms with Crippen molar-refractivity contribution in [2.24, 2.45) is 5.92 Å². The Hall–Kier alpha value is -0.570. The molecule has 0 heterocycles. The lowest BCUT2D eigenvalue weighted by Gasteiger charge is -2.32. The summed E-state index contributed by atoms with van der Waals surface area (Å²) in [5, 5.41) is 3.39. The quantitative estimate of drug-likeness (QED) is 0.650. The molecule has 0 aromatic heterocycles. The van der Waals surface area contributed by atoms with Gasteiger partial charge in [0, 0.05) is 0 Å². The molecule has 1 unspecified atom stereocenters. The molecule has 0 saturated heterocycles. The largest absolute Gasteiger partial charge is 0.465 e. The second-order valence-electron chi connectivity index (χ2n) is 4.68. The summed E-state index contributed by atoms with van der Waals surface area (Å²) in [6.45, 7) is 11.6. The van der Waals surface area contributed by atoms with Crippen LogP contribution >= 0.6 is 0 Å². The molecule has 96 valence electrons. The van der Waals surface area contributed by atoms with Gasteiger partial charge in [-0.2, -0.15) is 0 Å². The van der Waals surface area contributed by atoms with E-state index in [2.05, 4.69) is 26.1 Å². The highest BCUT2D eigenvalue weighted by molar-refractivity contribution is 5.80. The number of hydrogen-bond donors (Lipinski definition) is 1. The zero-order valence-corrected chi connectivity index (χ0v) is 11.4. The van der Waals surface area contributed by atoms with Crippen LogP contribution in [0.1, 0.15) is 53.9 Å². The molecule has 0 aromatic carbocycles. The molecule has 1 atom stereocenters. The van der Waals surface area contributed by atoms with Crippen molar-refractivity contribution in [3.05, 3.63) is 0 Å². The maximum absolute atomic E-state index is 12.0. The Morgan fingerprint density at radius 2 is 1.94 bits per heavy atom. The van der Waals surface area contributed by atoms with E-state index < -0.39 is 5.54 Å². The monoisotopic (exact) mass is 229 g/mol. The van der Waals surface area contributed by atoms with Gasteiger partial charge < -0.3 is 10.1 Å². The van der Waals surface area contributed by atoms with Crippen molar-refractivity contribution in [1.82, 2.24) is 5.32 Å². The van der Waals surface area contributed by atoms with Gasteiger partial charge in [-0.25, -0.2) is 0 Å². The third-order valence-electron chi connectivity index (χ3n) is 2.80. The Bertz CT molecular complexity index is 204. The average Bonchev–Trinajstić information content (AvgIpc) is 2.24. The van der Waals surface area contributed by atoms with Crippen LogP contribution in [0.25, 0.3) is 0 Å². The van der Waals surface area contributed by atoms with Gasteiger partial charge in [0.05, 0.1) is 6.61 Å². The minimum Gasteiger partial charge on any atom is -0.465 e. The Balaban J connectivity index is 4.62. The molecule has 0 amide bonds. The fourth-order valence-electron chi connectivity index (χ4n) is 1.80. The van der Waals surface area contributed by atoms with E-state index in [0.717, 1.165) is 25.8 Å². The van der Waals surface area contributed by atoms with Crippen molar-refractivity contribution in [3.63, 3.8) is 0 Å². The normalized spacial score (nSPS) is 14.9. The molecule has 3 nitrogen and oxygen atoms in total. The molecule has 1 N–H and O–H groups in total. The predicted molar refractivity (Wildman–Crippen MR) is 67.4 cm³/mol. The average molecular weight is 229 g/mol. The van der Waals surface area contributed by atoms with Gasteiger partial charge >= 0.3 is 5.97 Å². The number of hydrogen-bond acceptors (Lipinski definition) is 3. The molecule has 0 spiro atoms. The van der Waals surface area contributed by atoms with Crippen LogP contribution < -0.4 is 5.32 Å². The van der Waals surface area contributed by atoms with E-state index in [1.807, 2.05) is 13.8 Å². The van der Waals surface area contributed by atoms with E-state index in [9.17, 15) is 4.79 Å². The Labute approximate surface area is 99.9 Å². The summed E-state index contributed by atoms with van der Waals surface area (Å²) in [5.41, 5.74) is -0.477. The standard InChI is InChI=1S/C13H27NO2/c1-6-9-13(7-2,12(15)16-8-3)14-10-11(4)5/h11,14H,6-10H2,1-5H3. The summed E-state index contributed by atoms with van der Waals surface area (Å²) in [7, 11) is 0. The molecule has 0 aliphatic heterocycles. The van der Waals surface area contributed by atoms with E-state index in [1.54, 1.807) is 0 Å². The lowest BCUT2D eigenvalue weighted by Crippen LogP contribution is -2.53. The SMILES string of the molecule is CCCC(CC)(NCC(C)C)C(=O)OCC. The molecule has 0 radical (unpaired) electrons. The zero-order valence-electron chi connectivity index (χ0n) is 11.4. The van der Waals surface area contributed by atoms with Crippen LogP contribution in [-0.2, 0) is 9.53 Å². The summed E-state index contributed by atoms with van der Waals surface area (Å²) in [6, 6.07) is 0. The lowest BCUT2D eigenvalue weighted by atomic mass is 9.90. The van der Waals surface area contributed by atoms with Crippen LogP contribution in [-0.4, -0.2) is 24.7 Å². The summed E-state index contributed by atoms with van der Waals surface area (Å²) < 4.78 is 5.18. The van der Waals surface area contributed by atoms with E-state index in [0.29, 0.717) is 12.5 Å². The number of rotatable bonds is 8.